The molecular weight excluding hydrogens is 362 g/mol. The van der Waals surface area contributed by atoms with E-state index in [1.165, 1.54) is 16.5 Å². The third-order valence-corrected chi connectivity index (χ3v) is 6.43. The van der Waals surface area contributed by atoms with Crippen molar-refractivity contribution in [2.24, 2.45) is 5.92 Å². The normalized spacial score (nSPS) is 18.4. The van der Waals surface area contributed by atoms with E-state index in [1.807, 2.05) is 17.9 Å². The average Bonchev–Trinajstić information content (AvgIpc) is 3.42. The van der Waals surface area contributed by atoms with Gasteiger partial charge in [-0.2, -0.15) is 5.10 Å². The minimum absolute atomic E-state index is 0.0254. The van der Waals surface area contributed by atoms with Crippen LogP contribution >= 0.6 is 0 Å². The third-order valence-electron chi connectivity index (χ3n) is 6.43. The Morgan fingerprint density at radius 3 is 2.76 bits per heavy atom. The Bertz CT molecular complexity index is 1100. The van der Waals surface area contributed by atoms with Crippen molar-refractivity contribution in [3.63, 3.8) is 0 Å². The van der Waals surface area contributed by atoms with E-state index in [2.05, 4.69) is 29.4 Å². The standard InChI is InChI=1S/C24H25N3O2/c1-2-27-15-19(13-25-27)24(29)26-12-4-6-18(14-26)23(28)21-11-10-17-9-8-16-5-3-7-20(21)22(16)17/h3,5,7,10-11,13,15,18H,2,4,6,8-9,12,14H2,1H3/t18-/m0/s1. The molecule has 1 amide bonds. The van der Waals surface area contributed by atoms with Gasteiger partial charge < -0.3 is 4.90 Å². The van der Waals surface area contributed by atoms with Gasteiger partial charge in [0.15, 0.2) is 5.78 Å². The van der Waals surface area contributed by atoms with E-state index in [4.69, 9.17) is 0 Å². The van der Waals surface area contributed by atoms with E-state index in [0.29, 0.717) is 18.7 Å². The lowest BCUT2D eigenvalue weighted by Crippen LogP contribution is -2.42. The van der Waals surface area contributed by atoms with Gasteiger partial charge in [0.05, 0.1) is 11.8 Å². The maximum Gasteiger partial charge on any atom is 0.257 e. The number of piperidine rings is 1. The second-order valence-corrected chi connectivity index (χ2v) is 8.15. The number of nitrogens with zero attached hydrogens (tertiary/aromatic N) is 3. The van der Waals surface area contributed by atoms with Crippen molar-refractivity contribution in [3.05, 3.63) is 65.0 Å². The van der Waals surface area contributed by atoms with Gasteiger partial charge in [-0.15, -0.1) is 0 Å². The van der Waals surface area contributed by atoms with E-state index < -0.39 is 0 Å². The first-order valence-corrected chi connectivity index (χ1v) is 10.5. The van der Waals surface area contributed by atoms with Crippen LogP contribution in [-0.4, -0.2) is 39.5 Å². The fourth-order valence-electron chi connectivity index (χ4n) is 4.89. The highest BCUT2D eigenvalue weighted by molar-refractivity contribution is 6.11. The lowest BCUT2D eigenvalue weighted by Gasteiger charge is -2.32. The van der Waals surface area contributed by atoms with Crippen molar-refractivity contribution in [2.45, 2.75) is 39.2 Å². The van der Waals surface area contributed by atoms with Gasteiger partial charge in [0.25, 0.3) is 5.91 Å². The number of hydrogen-bond acceptors (Lipinski definition) is 3. The summed E-state index contributed by atoms with van der Waals surface area (Å²) in [6.45, 7) is 3.91. The molecule has 1 atom stereocenters. The molecular formula is C24H25N3O2. The van der Waals surface area contributed by atoms with Crippen molar-refractivity contribution in [1.29, 1.82) is 0 Å². The van der Waals surface area contributed by atoms with E-state index in [1.54, 1.807) is 17.1 Å². The van der Waals surface area contributed by atoms with Crippen molar-refractivity contribution >= 4 is 22.5 Å². The van der Waals surface area contributed by atoms with Crippen molar-refractivity contribution in [3.8, 4) is 0 Å². The molecule has 148 valence electrons. The predicted octanol–water partition coefficient (Wildman–Crippen LogP) is 3.89. The summed E-state index contributed by atoms with van der Waals surface area (Å²) in [6, 6.07) is 10.4. The predicted molar refractivity (Wildman–Crippen MR) is 112 cm³/mol. The first kappa shape index (κ1) is 18.1. The van der Waals surface area contributed by atoms with Gasteiger partial charge in [0.1, 0.15) is 0 Å². The largest absolute Gasteiger partial charge is 0.338 e. The smallest absolute Gasteiger partial charge is 0.257 e. The molecule has 0 bridgehead atoms. The van der Waals surface area contributed by atoms with E-state index in [0.717, 1.165) is 43.2 Å². The molecule has 1 aliphatic heterocycles. The zero-order valence-corrected chi connectivity index (χ0v) is 16.7. The molecule has 0 N–H and O–H groups in total. The molecule has 1 aromatic heterocycles. The fourth-order valence-corrected chi connectivity index (χ4v) is 4.89. The number of benzene rings is 2. The number of ketones is 1. The van der Waals surface area contributed by atoms with Crippen LogP contribution in [0.15, 0.2) is 42.7 Å². The molecule has 0 spiro atoms. The Morgan fingerprint density at radius 2 is 1.97 bits per heavy atom. The van der Waals surface area contributed by atoms with E-state index in [-0.39, 0.29) is 17.6 Å². The Labute approximate surface area is 170 Å². The van der Waals surface area contributed by atoms with Crippen LogP contribution < -0.4 is 0 Å². The summed E-state index contributed by atoms with van der Waals surface area (Å²) in [7, 11) is 0. The van der Waals surface area contributed by atoms with Crippen LogP contribution in [0.25, 0.3) is 10.8 Å². The lowest BCUT2D eigenvalue weighted by atomic mass is 9.87. The number of hydrogen-bond donors (Lipinski definition) is 0. The maximum absolute atomic E-state index is 13.5. The number of amides is 1. The molecule has 5 rings (SSSR count). The van der Waals surface area contributed by atoms with Crippen LogP contribution in [0.1, 0.15) is 51.6 Å². The molecule has 1 aliphatic carbocycles. The Balaban J connectivity index is 1.41. The molecule has 29 heavy (non-hydrogen) atoms. The number of aromatic nitrogens is 2. The molecule has 2 heterocycles. The molecule has 0 radical (unpaired) electrons. The summed E-state index contributed by atoms with van der Waals surface area (Å²) in [4.78, 5) is 28.2. The second kappa shape index (κ2) is 7.14. The zero-order valence-electron chi connectivity index (χ0n) is 16.7. The molecule has 2 aliphatic rings. The van der Waals surface area contributed by atoms with Gasteiger partial charge >= 0.3 is 0 Å². The van der Waals surface area contributed by atoms with Gasteiger partial charge in [-0.3, -0.25) is 14.3 Å². The van der Waals surface area contributed by atoms with Gasteiger partial charge in [-0.1, -0.05) is 30.3 Å². The summed E-state index contributed by atoms with van der Waals surface area (Å²) in [5.74, 6) is -0.00246. The quantitative estimate of drug-likeness (QED) is 0.638. The monoisotopic (exact) mass is 387 g/mol. The van der Waals surface area contributed by atoms with Crippen molar-refractivity contribution < 1.29 is 9.59 Å². The highest BCUT2D eigenvalue weighted by Crippen LogP contribution is 2.34. The van der Waals surface area contributed by atoms with Crippen LogP contribution in [0.4, 0.5) is 0 Å². The Hall–Kier alpha value is -2.95. The minimum Gasteiger partial charge on any atom is -0.338 e. The molecule has 5 heteroatoms. The summed E-state index contributed by atoms with van der Waals surface area (Å²) >= 11 is 0. The van der Waals surface area contributed by atoms with Gasteiger partial charge in [0, 0.05) is 37.3 Å². The van der Waals surface area contributed by atoms with Crippen LogP contribution in [0.5, 0.6) is 0 Å². The molecule has 1 saturated heterocycles. The SMILES string of the molecule is CCn1cc(C(=O)N2CCC[C@H](C(=O)c3ccc4c5c(cccc35)CC4)C2)cn1. The molecule has 5 nitrogen and oxygen atoms in total. The number of carbonyl (C=O) groups excluding carboxylic acids is 2. The van der Waals surface area contributed by atoms with E-state index >= 15 is 0 Å². The van der Waals surface area contributed by atoms with Gasteiger partial charge in [-0.05, 0) is 54.5 Å². The number of rotatable bonds is 4. The molecule has 0 saturated carbocycles. The van der Waals surface area contributed by atoms with Gasteiger partial charge in [0.2, 0.25) is 0 Å². The van der Waals surface area contributed by atoms with Crippen LogP contribution in [0.2, 0.25) is 0 Å². The molecule has 0 unspecified atom stereocenters. The second-order valence-electron chi connectivity index (χ2n) is 8.15. The van der Waals surface area contributed by atoms with Crippen LogP contribution in [0, 0.1) is 5.92 Å². The number of carbonyl (C=O) groups is 2. The molecule has 2 aromatic carbocycles. The number of likely N-dealkylation sites (tertiary alicyclic amines) is 1. The molecule has 1 fully saturated rings. The summed E-state index contributed by atoms with van der Waals surface area (Å²) in [5, 5.41) is 6.56. The van der Waals surface area contributed by atoms with E-state index in [9.17, 15) is 9.59 Å². The fraction of sp³-hybridized carbons (Fsp3) is 0.375. The van der Waals surface area contributed by atoms with Crippen LogP contribution in [-0.2, 0) is 19.4 Å². The number of Topliss-reactive ketones (excluding diaryl/α,β-unsaturated/α-hetero) is 1. The first-order chi connectivity index (χ1) is 14.2. The summed E-state index contributed by atoms with van der Waals surface area (Å²) in [5.41, 5.74) is 4.11. The Morgan fingerprint density at radius 1 is 1.14 bits per heavy atom. The maximum atomic E-state index is 13.5. The Kier molecular flexibility index (Phi) is 4.46. The zero-order chi connectivity index (χ0) is 20.0. The number of aryl methyl sites for hydroxylation is 3. The molecule has 3 aromatic rings. The van der Waals surface area contributed by atoms with Crippen molar-refractivity contribution in [1.82, 2.24) is 14.7 Å². The summed E-state index contributed by atoms with van der Waals surface area (Å²) < 4.78 is 1.76. The van der Waals surface area contributed by atoms with Crippen molar-refractivity contribution in [2.75, 3.05) is 13.1 Å². The first-order valence-electron chi connectivity index (χ1n) is 10.5. The topological polar surface area (TPSA) is 55.2 Å². The highest BCUT2D eigenvalue weighted by Gasteiger charge is 2.31. The highest BCUT2D eigenvalue weighted by atomic mass is 16.2. The minimum atomic E-state index is -0.146. The average molecular weight is 387 g/mol. The summed E-state index contributed by atoms with van der Waals surface area (Å²) in [6.07, 6.45) is 7.21. The lowest BCUT2D eigenvalue weighted by molar-refractivity contribution is 0.0637. The van der Waals surface area contributed by atoms with Crippen LogP contribution in [0.3, 0.4) is 0 Å². The van der Waals surface area contributed by atoms with Gasteiger partial charge in [-0.25, -0.2) is 0 Å². The third kappa shape index (κ3) is 3.05.